The molecule has 0 heterocycles. The van der Waals surface area contributed by atoms with E-state index in [0.29, 0.717) is 45.2 Å². The summed E-state index contributed by atoms with van der Waals surface area (Å²) in [6.45, 7) is 56.4. The Kier molecular flexibility index (Phi) is 85.6. The Morgan fingerprint density at radius 1 is 0.386 bits per heavy atom. The molecule has 590 valence electrons. The van der Waals surface area contributed by atoms with Gasteiger partial charge in [-0.1, -0.05) is 144 Å². The largest absolute Gasteiger partial charge is 0.481 e. The number of nitrogens with one attached hydrogen (secondary N) is 7. The van der Waals surface area contributed by atoms with E-state index in [1.807, 2.05) is 69.2 Å². The van der Waals surface area contributed by atoms with Crippen LogP contribution in [0, 0.1) is 40.4 Å². The molecule has 0 fully saturated rings. The Balaban J connectivity index is -0.000000116. The molecule has 0 aromatic rings. The molecule has 0 rings (SSSR count). The summed E-state index contributed by atoms with van der Waals surface area (Å²) in [6, 6.07) is 0.260. The topological polar surface area (TPSA) is 466 Å². The fraction of sp³-hybridized carbons (Fsp3) is 0.681. The zero-order valence-corrected chi connectivity index (χ0v) is 64.7. The van der Waals surface area contributed by atoms with Crippen molar-refractivity contribution in [2.24, 2.45) is 40.4 Å². The van der Waals surface area contributed by atoms with Gasteiger partial charge in [-0.15, -0.1) is 0 Å². The number of hydrogen-bond acceptors (Lipinski definition) is 16. The van der Waals surface area contributed by atoms with Crippen LogP contribution < -0.4 is 37.4 Å². The highest BCUT2D eigenvalue weighted by Crippen LogP contribution is 2.26. The number of ether oxygens (including phenoxy) is 1. The van der Waals surface area contributed by atoms with E-state index in [4.69, 9.17) is 45.3 Å². The highest BCUT2D eigenvalue weighted by atomic mass is 16.7. The molecular formula is C72H135N7O22. The fourth-order valence-electron chi connectivity index (χ4n) is 4.68. The standard InChI is InChI=1S/C12H20N2O4.C10H19NO2.C9H18N2O2.C9H15NO3.C7H13NO.5C5H10O2/c1-4-9(15)13-6-7-14-11(18)12(3,5-2)8-10(16)17;1-4-9(3)13-8-6-7-11-10(12)5-2;1-4-8(3)13-11-7-6-10-9(12)5-2;1-4-7(11)10-6-9(3,5-2)8(12)13;1-4-6(3)8-7(9)5-2;5*1-3-4(2)5(6)7/h4H,1,5-8H2,2-3H3,(H,13,15)(H,14,18)(H,16,17);5,9H,2,4,6-8H2,1,3H3,(H,11,12);5,8,11H,2,4,6-7H2,1,3H3,(H,10,12);4H,1,5-6H2,2-3H3,(H,10,11)(H,12,13);5-6H,2,4H2,1,3H3,(H,8,9);5*4H,3H2,1-2H3,(H,6,7). The number of carboxylic acid groups (broad SMARTS) is 7. The molecule has 10 atom stereocenters. The van der Waals surface area contributed by atoms with Crippen molar-refractivity contribution in [2.45, 2.75) is 234 Å². The minimum absolute atomic E-state index is 0.0932. The van der Waals surface area contributed by atoms with Gasteiger partial charge in [-0.3, -0.25) is 67.2 Å². The maximum atomic E-state index is 11.8. The van der Waals surface area contributed by atoms with Gasteiger partial charge in [0.05, 0.1) is 59.0 Å². The number of carbonyl (C=O) groups is 13. The highest BCUT2D eigenvalue weighted by Gasteiger charge is 2.34. The third-order valence-corrected chi connectivity index (χ3v) is 14.6. The zero-order chi connectivity index (χ0) is 81.5. The molecule has 0 bridgehead atoms. The molecule has 6 amide bonds. The lowest BCUT2D eigenvalue weighted by Gasteiger charge is -2.24. The molecule has 0 aliphatic rings. The number of carboxylic acids is 7. The zero-order valence-electron chi connectivity index (χ0n) is 64.7. The number of rotatable bonds is 40. The quantitative estimate of drug-likeness (QED) is 0.0154. The molecule has 0 aromatic carbocycles. The fourth-order valence-corrected chi connectivity index (χ4v) is 4.68. The molecule has 101 heavy (non-hydrogen) atoms. The molecular weight excluding hydrogens is 1310 g/mol. The van der Waals surface area contributed by atoms with Gasteiger partial charge in [-0.2, -0.15) is 0 Å². The normalized spacial score (nSPS) is 13.1. The van der Waals surface area contributed by atoms with E-state index in [1.54, 1.807) is 62.3 Å². The Hall–Kier alpha value is -8.31. The molecule has 0 aromatic heterocycles. The van der Waals surface area contributed by atoms with Gasteiger partial charge < -0.3 is 72.4 Å². The van der Waals surface area contributed by atoms with Crippen molar-refractivity contribution in [3.05, 3.63) is 63.3 Å². The summed E-state index contributed by atoms with van der Waals surface area (Å²) in [7, 11) is 0. The van der Waals surface area contributed by atoms with Crippen LogP contribution in [0.1, 0.15) is 216 Å². The maximum absolute atomic E-state index is 11.8. The first-order valence-electron chi connectivity index (χ1n) is 34.2. The van der Waals surface area contributed by atoms with Crippen LogP contribution in [-0.4, -0.2) is 177 Å². The smallest absolute Gasteiger partial charge is 0.311 e. The van der Waals surface area contributed by atoms with E-state index in [-0.39, 0.29) is 103 Å². The second kappa shape index (κ2) is 75.9. The average molecular weight is 1450 g/mol. The third-order valence-electron chi connectivity index (χ3n) is 14.6. The summed E-state index contributed by atoms with van der Waals surface area (Å²) >= 11 is 0. The summed E-state index contributed by atoms with van der Waals surface area (Å²) < 4.78 is 5.43. The molecule has 0 radical (unpaired) electrons. The number of aliphatic carboxylic acids is 7. The summed E-state index contributed by atoms with van der Waals surface area (Å²) in [5.41, 5.74) is 0.954. The van der Waals surface area contributed by atoms with Gasteiger partial charge in [0.25, 0.3) is 0 Å². The van der Waals surface area contributed by atoms with E-state index in [9.17, 15) is 62.3 Å². The Labute approximate surface area is 603 Å². The lowest BCUT2D eigenvalue weighted by atomic mass is 9.83. The average Bonchev–Trinajstić information content (AvgIpc) is 0.871. The molecule has 14 N–H and O–H groups in total. The number of carbonyl (C=O) groups excluding carboxylic acids is 6. The first-order valence-corrected chi connectivity index (χ1v) is 34.2. The monoisotopic (exact) mass is 1450 g/mol. The van der Waals surface area contributed by atoms with Crippen molar-refractivity contribution in [1.29, 1.82) is 0 Å². The van der Waals surface area contributed by atoms with E-state index in [1.165, 1.54) is 18.2 Å². The maximum Gasteiger partial charge on any atom is 0.311 e. The van der Waals surface area contributed by atoms with Gasteiger partial charge in [0.2, 0.25) is 35.4 Å². The minimum atomic E-state index is -1.01. The highest BCUT2D eigenvalue weighted by molar-refractivity contribution is 5.89. The van der Waals surface area contributed by atoms with Gasteiger partial charge in [-0.25, -0.2) is 5.48 Å². The predicted octanol–water partition coefficient (Wildman–Crippen LogP) is 9.86. The van der Waals surface area contributed by atoms with E-state index in [0.717, 1.165) is 69.9 Å². The second-order valence-corrected chi connectivity index (χ2v) is 23.3. The number of hydrogen-bond donors (Lipinski definition) is 14. The van der Waals surface area contributed by atoms with E-state index in [2.05, 4.69) is 77.2 Å². The van der Waals surface area contributed by atoms with Crippen LogP contribution in [0.4, 0.5) is 0 Å². The lowest BCUT2D eigenvalue weighted by molar-refractivity contribution is -0.148. The molecule has 0 saturated carbocycles. The van der Waals surface area contributed by atoms with Gasteiger partial charge in [-0.05, 0) is 129 Å². The summed E-state index contributed by atoms with van der Waals surface area (Å²) in [4.78, 5) is 142. The van der Waals surface area contributed by atoms with Crippen LogP contribution in [0.2, 0.25) is 0 Å². The van der Waals surface area contributed by atoms with Gasteiger partial charge in [0.1, 0.15) is 0 Å². The Bertz CT molecular complexity index is 2190. The predicted molar refractivity (Wildman–Crippen MR) is 395 cm³/mol. The first-order chi connectivity index (χ1) is 46.8. The van der Waals surface area contributed by atoms with Crippen molar-refractivity contribution in [3.63, 3.8) is 0 Å². The Morgan fingerprint density at radius 3 is 0.950 bits per heavy atom. The van der Waals surface area contributed by atoms with Crippen molar-refractivity contribution in [1.82, 2.24) is 37.4 Å². The van der Waals surface area contributed by atoms with Crippen LogP contribution in [0.25, 0.3) is 0 Å². The van der Waals surface area contributed by atoms with Gasteiger partial charge in [0, 0.05) is 51.9 Å². The molecule has 0 saturated heterocycles. The molecule has 0 aliphatic heterocycles. The van der Waals surface area contributed by atoms with Crippen LogP contribution in [0.5, 0.6) is 0 Å². The summed E-state index contributed by atoms with van der Waals surface area (Å²) in [5, 5.41) is 74.1. The molecule has 29 heteroatoms. The van der Waals surface area contributed by atoms with Crippen molar-refractivity contribution < 1.29 is 108 Å². The van der Waals surface area contributed by atoms with Gasteiger partial charge >= 0.3 is 41.8 Å². The second-order valence-electron chi connectivity index (χ2n) is 23.3. The van der Waals surface area contributed by atoms with Crippen LogP contribution in [0.3, 0.4) is 0 Å². The van der Waals surface area contributed by atoms with Gasteiger partial charge in [0.15, 0.2) is 0 Å². The molecule has 0 spiro atoms. The van der Waals surface area contributed by atoms with Crippen LogP contribution in [0.15, 0.2) is 63.3 Å². The van der Waals surface area contributed by atoms with Crippen molar-refractivity contribution in [3.8, 4) is 0 Å². The number of hydroxylamine groups is 1. The van der Waals surface area contributed by atoms with E-state index < -0.39 is 52.6 Å². The minimum Gasteiger partial charge on any atom is -0.481 e. The van der Waals surface area contributed by atoms with Crippen LogP contribution >= 0.6 is 0 Å². The first kappa shape index (κ1) is 114. The molecule has 10 unspecified atom stereocenters. The summed E-state index contributed by atoms with van der Waals surface area (Å²) in [6.07, 6.45) is 14.7. The van der Waals surface area contributed by atoms with Crippen molar-refractivity contribution >= 4 is 77.2 Å². The van der Waals surface area contributed by atoms with E-state index >= 15 is 0 Å². The molecule has 29 nitrogen and oxygen atoms in total. The lowest BCUT2D eigenvalue weighted by Crippen LogP contribution is -2.43. The van der Waals surface area contributed by atoms with Crippen LogP contribution in [-0.2, 0) is 71.9 Å². The molecule has 0 aliphatic carbocycles. The number of amides is 6. The van der Waals surface area contributed by atoms with Crippen molar-refractivity contribution in [2.75, 3.05) is 45.9 Å². The summed E-state index contributed by atoms with van der Waals surface area (Å²) in [5.74, 6) is -7.70. The Morgan fingerprint density at radius 2 is 0.693 bits per heavy atom. The third kappa shape index (κ3) is 84.0. The SMILES string of the molecule is C=CC(=O)NC(C)CC.C=CC(=O)NCC(C)(CC)C(=O)O.C=CC(=O)NCCCOC(C)CC.C=CC(=O)NCCNC(=O)C(C)(CC)CC(=O)O.C=CC(=O)NCCNOC(C)CC.CCC(C)C(=O)O.CCC(C)C(=O)O.CCC(C)C(=O)O.CCC(C)C(=O)O.CCC(C)C(=O)O.